The van der Waals surface area contributed by atoms with Crippen molar-refractivity contribution in [3.8, 4) is 11.4 Å². The van der Waals surface area contributed by atoms with Gasteiger partial charge in [0, 0.05) is 56.0 Å². The highest BCUT2D eigenvalue weighted by atomic mass is 16.5. The number of piperazine rings is 1. The largest absolute Gasteiger partial charge is 0.369 e. The third-order valence-corrected chi connectivity index (χ3v) is 6.30. The van der Waals surface area contributed by atoms with Gasteiger partial charge in [0.15, 0.2) is 0 Å². The van der Waals surface area contributed by atoms with Crippen LogP contribution in [0.15, 0.2) is 47.0 Å². The van der Waals surface area contributed by atoms with Crippen LogP contribution in [0.25, 0.3) is 11.4 Å². The number of nitrogens with one attached hydrogen (secondary N) is 1. The van der Waals surface area contributed by atoms with E-state index in [1.807, 2.05) is 24.3 Å². The highest BCUT2D eigenvalue weighted by molar-refractivity contribution is 5.91. The number of hydrogen-bond donors (Lipinski definition) is 1. The fourth-order valence-electron chi connectivity index (χ4n) is 4.20. The van der Waals surface area contributed by atoms with Crippen LogP contribution in [-0.4, -0.2) is 53.7 Å². The van der Waals surface area contributed by atoms with E-state index in [9.17, 15) is 4.79 Å². The Labute approximate surface area is 195 Å². The third kappa shape index (κ3) is 5.79. The number of likely N-dealkylation sites (N-methyl/N-ethyl adjacent to an activating group) is 1. The Morgan fingerprint density at radius 2 is 1.82 bits per heavy atom. The monoisotopic (exact) mass is 447 g/mol. The SMILES string of the molecule is CCc1ccc(-c2noc(CCC(=O)Nc3ccc(N4CCN(CC)CC4)c(C)c3)n2)cc1. The maximum atomic E-state index is 12.5. The number of carbonyl (C=O) groups is 1. The molecule has 0 radical (unpaired) electrons. The van der Waals surface area contributed by atoms with Crippen molar-refractivity contribution in [2.45, 2.75) is 40.0 Å². The van der Waals surface area contributed by atoms with Gasteiger partial charge in [0.25, 0.3) is 0 Å². The van der Waals surface area contributed by atoms with E-state index in [4.69, 9.17) is 4.52 Å². The van der Waals surface area contributed by atoms with Crippen LogP contribution in [0.3, 0.4) is 0 Å². The zero-order valence-corrected chi connectivity index (χ0v) is 19.8. The second kappa shape index (κ2) is 10.6. The number of amides is 1. The van der Waals surface area contributed by atoms with Gasteiger partial charge in [-0.2, -0.15) is 4.98 Å². The summed E-state index contributed by atoms with van der Waals surface area (Å²) in [5.74, 6) is 0.960. The summed E-state index contributed by atoms with van der Waals surface area (Å²) in [6, 6.07) is 14.3. The zero-order chi connectivity index (χ0) is 23.2. The van der Waals surface area contributed by atoms with E-state index >= 15 is 0 Å². The summed E-state index contributed by atoms with van der Waals surface area (Å²) in [4.78, 5) is 21.8. The molecule has 2 heterocycles. The molecule has 3 aromatic rings. The van der Waals surface area contributed by atoms with Gasteiger partial charge in [-0.3, -0.25) is 4.79 Å². The number of rotatable bonds is 8. The number of nitrogens with zero attached hydrogens (tertiary/aromatic N) is 4. The molecular formula is C26H33N5O2. The highest BCUT2D eigenvalue weighted by Crippen LogP contribution is 2.25. The van der Waals surface area contributed by atoms with E-state index in [2.05, 4.69) is 64.2 Å². The van der Waals surface area contributed by atoms with Gasteiger partial charge in [0.1, 0.15) is 0 Å². The van der Waals surface area contributed by atoms with Crippen LogP contribution in [-0.2, 0) is 17.6 Å². The minimum absolute atomic E-state index is 0.0641. The molecule has 0 atom stereocenters. The summed E-state index contributed by atoms with van der Waals surface area (Å²) < 4.78 is 5.34. The first-order valence-electron chi connectivity index (χ1n) is 11.9. The first kappa shape index (κ1) is 23.0. The molecule has 0 unspecified atom stereocenters. The van der Waals surface area contributed by atoms with Crippen molar-refractivity contribution in [1.29, 1.82) is 0 Å². The van der Waals surface area contributed by atoms with Gasteiger partial charge in [-0.05, 0) is 49.2 Å². The minimum Gasteiger partial charge on any atom is -0.369 e. The van der Waals surface area contributed by atoms with Gasteiger partial charge in [-0.15, -0.1) is 0 Å². The van der Waals surface area contributed by atoms with Crippen LogP contribution in [0.5, 0.6) is 0 Å². The van der Waals surface area contributed by atoms with Crippen molar-refractivity contribution in [2.24, 2.45) is 0 Å². The number of hydrogen-bond acceptors (Lipinski definition) is 6. The lowest BCUT2D eigenvalue weighted by Gasteiger charge is -2.36. The molecule has 1 saturated heterocycles. The van der Waals surface area contributed by atoms with Crippen LogP contribution in [0.2, 0.25) is 0 Å². The number of carbonyl (C=O) groups excluding carboxylic acids is 1. The number of aryl methyl sites for hydroxylation is 3. The van der Waals surface area contributed by atoms with Crippen molar-refractivity contribution in [3.05, 3.63) is 59.5 Å². The Kier molecular flexibility index (Phi) is 7.40. The first-order valence-corrected chi connectivity index (χ1v) is 11.9. The second-order valence-electron chi connectivity index (χ2n) is 8.53. The van der Waals surface area contributed by atoms with E-state index in [0.29, 0.717) is 18.1 Å². The Morgan fingerprint density at radius 1 is 1.06 bits per heavy atom. The lowest BCUT2D eigenvalue weighted by atomic mass is 10.1. The van der Waals surface area contributed by atoms with E-state index in [0.717, 1.165) is 50.4 Å². The predicted molar refractivity (Wildman–Crippen MR) is 132 cm³/mol. The molecule has 0 saturated carbocycles. The fourth-order valence-corrected chi connectivity index (χ4v) is 4.20. The third-order valence-electron chi connectivity index (χ3n) is 6.30. The quantitative estimate of drug-likeness (QED) is 0.554. The standard InChI is InChI=1S/C26H33N5O2/c1-4-20-6-8-21(9-7-20)26-28-25(33-29-26)13-12-24(32)27-22-10-11-23(19(3)18-22)31-16-14-30(5-2)15-17-31/h6-11,18H,4-5,12-17H2,1-3H3,(H,27,32). The maximum Gasteiger partial charge on any atom is 0.227 e. The molecule has 7 heteroatoms. The number of aromatic nitrogens is 2. The molecular weight excluding hydrogens is 414 g/mol. The van der Waals surface area contributed by atoms with Crippen LogP contribution >= 0.6 is 0 Å². The van der Waals surface area contributed by atoms with Crippen LogP contribution in [0.4, 0.5) is 11.4 Å². The van der Waals surface area contributed by atoms with Gasteiger partial charge in [0.2, 0.25) is 17.6 Å². The fraction of sp³-hybridized carbons (Fsp3) is 0.423. The van der Waals surface area contributed by atoms with E-state index < -0.39 is 0 Å². The Hall–Kier alpha value is -3.19. The van der Waals surface area contributed by atoms with Gasteiger partial charge >= 0.3 is 0 Å². The van der Waals surface area contributed by atoms with Crippen molar-refractivity contribution < 1.29 is 9.32 Å². The normalized spacial score (nSPS) is 14.5. The minimum atomic E-state index is -0.0641. The molecule has 0 bridgehead atoms. The Morgan fingerprint density at radius 3 is 2.48 bits per heavy atom. The van der Waals surface area contributed by atoms with E-state index in [-0.39, 0.29) is 12.3 Å². The lowest BCUT2D eigenvalue weighted by molar-refractivity contribution is -0.116. The summed E-state index contributed by atoms with van der Waals surface area (Å²) in [6.45, 7) is 11.8. The summed E-state index contributed by atoms with van der Waals surface area (Å²) in [6.07, 6.45) is 1.69. The van der Waals surface area contributed by atoms with E-state index in [1.165, 1.54) is 16.8 Å². The summed E-state index contributed by atoms with van der Waals surface area (Å²) in [5, 5.41) is 7.05. The van der Waals surface area contributed by atoms with Crippen LogP contribution in [0, 0.1) is 6.92 Å². The topological polar surface area (TPSA) is 74.5 Å². The van der Waals surface area contributed by atoms with Gasteiger partial charge in [-0.25, -0.2) is 0 Å². The molecule has 1 aliphatic heterocycles. The molecule has 1 fully saturated rings. The summed E-state index contributed by atoms with van der Waals surface area (Å²) in [5.41, 5.74) is 5.41. The molecule has 174 valence electrons. The average Bonchev–Trinajstić information content (AvgIpc) is 3.32. The Balaban J connectivity index is 1.29. The van der Waals surface area contributed by atoms with Crippen molar-refractivity contribution >= 4 is 17.3 Å². The molecule has 0 aliphatic carbocycles. The molecule has 0 spiro atoms. The molecule has 1 amide bonds. The zero-order valence-electron chi connectivity index (χ0n) is 19.8. The molecule has 1 N–H and O–H groups in total. The van der Waals surface area contributed by atoms with Crippen molar-refractivity contribution in [3.63, 3.8) is 0 Å². The second-order valence-corrected chi connectivity index (χ2v) is 8.53. The van der Waals surface area contributed by atoms with Crippen LogP contribution < -0.4 is 10.2 Å². The number of benzene rings is 2. The Bertz CT molecular complexity index is 1070. The van der Waals surface area contributed by atoms with Crippen molar-refractivity contribution in [2.75, 3.05) is 42.9 Å². The molecule has 1 aliphatic rings. The average molecular weight is 448 g/mol. The highest BCUT2D eigenvalue weighted by Gasteiger charge is 2.17. The van der Waals surface area contributed by atoms with Crippen LogP contribution in [0.1, 0.15) is 37.3 Å². The number of anilines is 2. The van der Waals surface area contributed by atoms with Gasteiger partial charge in [0.05, 0.1) is 0 Å². The molecule has 2 aromatic carbocycles. The summed E-state index contributed by atoms with van der Waals surface area (Å²) in [7, 11) is 0. The maximum absolute atomic E-state index is 12.5. The molecule has 7 nitrogen and oxygen atoms in total. The van der Waals surface area contributed by atoms with E-state index in [1.54, 1.807) is 0 Å². The molecule has 4 rings (SSSR count). The van der Waals surface area contributed by atoms with Gasteiger partial charge in [-0.1, -0.05) is 43.3 Å². The predicted octanol–water partition coefficient (Wildman–Crippen LogP) is 4.32. The lowest BCUT2D eigenvalue weighted by Crippen LogP contribution is -2.46. The van der Waals surface area contributed by atoms with Gasteiger partial charge < -0.3 is 19.6 Å². The smallest absolute Gasteiger partial charge is 0.227 e. The van der Waals surface area contributed by atoms with Crippen molar-refractivity contribution in [1.82, 2.24) is 15.0 Å². The summed E-state index contributed by atoms with van der Waals surface area (Å²) >= 11 is 0. The molecule has 33 heavy (non-hydrogen) atoms. The molecule has 1 aromatic heterocycles. The first-order chi connectivity index (χ1) is 16.1.